The first-order chi connectivity index (χ1) is 8.74. The summed E-state index contributed by atoms with van der Waals surface area (Å²) in [5.41, 5.74) is 3.75. The van der Waals surface area contributed by atoms with Gasteiger partial charge in [0.2, 0.25) is 0 Å². The van der Waals surface area contributed by atoms with E-state index in [2.05, 4.69) is 25.1 Å². The summed E-state index contributed by atoms with van der Waals surface area (Å²) >= 11 is 0. The fraction of sp³-hybridized carbons (Fsp3) is 0.250. The zero-order chi connectivity index (χ0) is 13.0. The average Bonchev–Trinajstić information content (AvgIpc) is 2.42. The van der Waals surface area contributed by atoms with Crippen LogP contribution in [0.4, 0.5) is 0 Å². The Morgan fingerprint density at radius 3 is 2.22 bits per heavy atom. The molecule has 2 aromatic carbocycles. The van der Waals surface area contributed by atoms with Crippen LogP contribution in [0.25, 0.3) is 0 Å². The molecule has 0 aliphatic heterocycles. The fourth-order valence-electron chi connectivity index (χ4n) is 2.04. The minimum Gasteiger partial charge on any atom is -0.497 e. The molecule has 2 aromatic rings. The molecule has 0 amide bonds. The van der Waals surface area contributed by atoms with Gasteiger partial charge in [-0.25, -0.2) is 0 Å². The first kappa shape index (κ1) is 12.5. The molecule has 94 valence electrons. The van der Waals surface area contributed by atoms with Gasteiger partial charge in [0.15, 0.2) is 0 Å². The summed E-state index contributed by atoms with van der Waals surface area (Å²) in [6.45, 7) is 2.11. The number of hydrogen-bond donors (Lipinski definition) is 0. The second-order valence-electron chi connectivity index (χ2n) is 4.28. The Morgan fingerprint density at radius 2 is 1.61 bits per heavy atom. The Labute approximate surface area is 108 Å². The maximum atomic E-state index is 5.42. The first-order valence-corrected chi connectivity index (χ1v) is 6.00. The third kappa shape index (κ3) is 2.65. The summed E-state index contributed by atoms with van der Waals surface area (Å²) in [4.78, 5) is 0. The summed E-state index contributed by atoms with van der Waals surface area (Å²) < 4.78 is 10.6. The summed E-state index contributed by atoms with van der Waals surface area (Å²) in [6, 6.07) is 14.3. The largest absolute Gasteiger partial charge is 0.497 e. The lowest BCUT2D eigenvalue weighted by Crippen LogP contribution is -1.96. The Balaban J connectivity index is 2.27. The van der Waals surface area contributed by atoms with Crippen molar-refractivity contribution in [2.45, 2.75) is 13.3 Å². The molecule has 0 atom stereocenters. The van der Waals surface area contributed by atoms with Gasteiger partial charge in [0.05, 0.1) is 14.2 Å². The van der Waals surface area contributed by atoms with Gasteiger partial charge < -0.3 is 9.47 Å². The summed E-state index contributed by atoms with van der Waals surface area (Å²) in [7, 11) is 3.39. The topological polar surface area (TPSA) is 18.5 Å². The van der Waals surface area contributed by atoms with Gasteiger partial charge in [-0.3, -0.25) is 0 Å². The molecule has 0 unspecified atom stereocenters. The molecule has 2 nitrogen and oxygen atoms in total. The number of aryl methyl sites for hydroxylation is 1. The highest BCUT2D eigenvalue weighted by Crippen LogP contribution is 2.25. The van der Waals surface area contributed by atoms with Crippen molar-refractivity contribution in [2.75, 3.05) is 14.2 Å². The van der Waals surface area contributed by atoms with Gasteiger partial charge in [-0.1, -0.05) is 24.3 Å². The van der Waals surface area contributed by atoms with Gasteiger partial charge in [0, 0.05) is 12.0 Å². The zero-order valence-electron chi connectivity index (χ0n) is 11.1. The van der Waals surface area contributed by atoms with Crippen LogP contribution < -0.4 is 9.47 Å². The van der Waals surface area contributed by atoms with Crippen LogP contribution in [0.15, 0.2) is 42.5 Å². The molecule has 0 heterocycles. The lowest BCUT2D eigenvalue weighted by atomic mass is 9.99. The Kier molecular flexibility index (Phi) is 3.88. The highest BCUT2D eigenvalue weighted by atomic mass is 16.5. The Hall–Kier alpha value is -1.96. The molecule has 0 radical (unpaired) electrons. The smallest absolute Gasteiger partial charge is 0.122 e. The Morgan fingerprint density at radius 1 is 0.889 bits per heavy atom. The van der Waals surface area contributed by atoms with Crippen molar-refractivity contribution in [1.29, 1.82) is 0 Å². The molecule has 0 bridgehead atoms. The van der Waals surface area contributed by atoms with E-state index in [1.807, 2.05) is 24.3 Å². The predicted octanol–water partition coefficient (Wildman–Crippen LogP) is 3.60. The lowest BCUT2D eigenvalue weighted by molar-refractivity contribution is 0.410. The number of rotatable bonds is 4. The molecule has 0 saturated heterocycles. The number of ether oxygens (including phenoxy) is 2. The van der Waals surface area contributed by atoms with Crippen LogP contribution in [-0.2, 0) is 6.42 Å². The fourth-order valence-corrected chi connectivity index (χ4v) is 2.04. The van der Waals surface area contributed by atoms with Crippen LogP contribution in [0.1, 0.15) is 16.7 Å². The molecule has 0 spiro atoms. The SMILES string of the molecule is COc1ccc(Cc2c(C)cccc2OC)cc1. The van der Waals surface area contributed by atoms with Crippen molar-refractivity contribution in [3.8, 4) is 11.5 Å². The van der Waals surface area contributed by atoms with Crippen molar-refractivity contribution in [3.05, 3.63) is 59.2 Å². The van der Waals surface area contributed by atoms with Crippen molar-refractivity contribution in [2.24, 2.45) is 0 Å². The minimum absolute atomic E-state index is 0.875. The van der Waals surface area contributed by atoms with E-state index in [0.29, 0.717) is 0 Å². The van der Waals surface area contributed by atoms with Crippen LogP contribution in [-0.4, -0.2) is 14.2 Å². The quantitative estimate of drug-likeness (QED) is 0.815. The molecule has 0 saturated carbocycles. The third-order valence-corrected chi connectivity index (χ3v) is 3.13. The van der Waals surface area contributed by atoms with E-state index in [1.165, 1.54) is 16.7 Å². The monoisotopic (exact) mass is 242 g/mol. The van der Waals surface area contributed by atoms with Crippen LogP contribution in [0.2, 0.25) is 0 Å². The molecule has 0 fully saturated rings. The highest BCUT2D eigenvalue weighted by Gasteiger charge is 2.07. The molecule has 2 rings (SSSR count). The van der Waals surface area contributed by atoms with Crippen LogP contribution >= 0.6 is 0 Å². The second-order valence-corrected chi connectivity index (χ2v) is 4.28. The molecule has 18 heavy (non-hydrogen) atoms. The van der Waals surface area contributed by atoms with Gasteiger partial charge in [-0.05, 0) is 36.2 Å². The first-order valence-electron chi connectivity index (χ1n) is 6.00. The van der Waals surface area contributed by atoms with Crippen LogP contribution in [0.5, 0.6) is 11.5 Å². The van der Waals surface area contributed by atoms with Crippen molar-refractivity contribution in [3.63, 3.8) is 0 Å². The van der Waals surface area contributed by atoms with Crippen molar-refractivity contribution < 1.29 is 9.47 Å². The van der Waals surface area contributed by atoms with E-state index < -0.39 is 0 Å². The lowest BCUT2D eigenvalue weighted by Gasteiger charge is -2.11. The summed E-state index contributed by atoms with van der Waals surface area (Å²) in [5.74, 6) is 1.83. The van der Waals surface area contributed by atoms with E-state index in [9.17, 15) is 0 Å². The summed E-state index contributed by atoms with van der Waals surface area (Å²) in [5, 5.41) is 0. The molecule has 0 aliphatic carbocycles. The van der Waals surface area contributed by atoms with Gasteiger partial charge in [-0.2, -0.15) is 0 Å². The van der Waals surface area contributed by atoms with E-state index in [-0.39, 0.29) is 0 Å². The van der Waals surface area contributed by atoms with Gasteiger partial charge in [-0.15, -0.1) is 0 Å². The molecule has 0 N–H and O–H groups in total. The van der Waals surface area contributed by atoms with Crippen LogP contribution in [0, 0.1) is 6.92 Å². The number of benzene rings is 2. The van der Waals surface area contributed by atoms with E-state index in [4.69, 9.17) is 9.47 Å². The third-order valence-electron chi connectivity index (χ3n) is 3.13. The molecule has 0 aromatic heterocycles. The van der Waals surface area contributed by atoms with E-state index >= 15 is 0 Å². The Bertz CT molecular complexity index is 515. The van der Waals surface area contributed by atoms with Crippen molar-refractivity contribution in [1.82, 2.24) is 0 Å². The van der Waals surface area contributed by atoms with E-state index in [0.717, 1.165) is 17.9 Å². The maximum absolute atomic E-state index is 5.42. The number of hydrogen-bond acceptors (Lipinski definition) is 2. The van der Waals surface area contributed by atoms with Gasteiger partial charge >= 0.3 is 0 Å². The second kappa shape index (κ2) is 5.58. The summed E-state index contributed by atoms with van der Waals surface area (Å²) in [6.07, 6.45) is 0.875. The highest BCUT2D eigenvalue weighted by molar-refractivity contribution is 5.43. The van der Waals surface area contributed by atoms with Crippen molar-refractivity contribution >= 4 is 0 Å². The van der Waals surface area contributed by atoms with Gasteiger partial charge in [0.1, 0.15) is 11.5 Å². The predicted molar refractivity (Wildman–Crippen MR) is 73.5 cm³/mol. The zero-order valence-corrected chi connectivity index (χ0v) is 11.1. The van der Waals surface area contributed by atoms with Gasteiger partial charge in [0.25, 0.3) is 0 Å². The normalized spacial score (nSPS) is 10.2. The van der Waals surface area contributed by atoms with E-state index in [1.54, 1.807) is 14.2 Å². The maximum Gasteiger partial charge on any atom is 0.122 e. The molecular weight excluding hydrogens is 224 g/mol. The molecule has 0 aliphatic rings. The van der Waals surface area contributed by atoms with Crippen LogP contribution in [0.3, 0.4) is 0 Å². The minimum atomic E-state index is 0.875. The average molecular weight is 242 g/mol. The molecule has 2 heteroatoms. The standard InChI is InChI=1S/C16H18O2/c1-12-5-4-6-16(18-3)15(12)11-13-7-9-14(17-2)10-8-13/h4-10H,11H2,1-3H3. The molecular formula is C16H18O2. The number of methoxy groups -OCH3 is 2.